The van der Waals surface area contributed by atoms with Gasteiger partial charge in [0.05, 0.1) is 11.0 Å². The van der Waals surface area contributed by atoms with Crippen LogP contribution in [-0.4, -0.2) is 22.7 Å². The number of hydrogen-bond acceptors (Lipinski definition) is 4. The van der Waals surface area contributed by atoms with Gasteiger partial charge in [0.2, 0.25) is 0 Å². The molecule has 0 aromatic heterocycles. The van der Waals surface area contributed by atoms with Gasteiger partial charge in [-0.3, -0.25) is 10.1 Å². The summed E-state index contributed by atoms with van der Waals surface area (Å²) in [5, 5.41) is 23.2. The zero-order chi connectivity index (χ0) is 12.8. The summed E-state index contributed by atoms with van der Waals surface area (Å²) in [5.41, 5.74) is 1.50. The molecule has 1 aromatic rings. The number of aliphatic hydroxyl groups is 1. The van der Waals surface area contributed by atoms with E-state index in [0.717, 1.165) is 12.1 Å². The van der Waals surface area contributed by atoms with Crippen LogP contribution in [0.25, 0.3) is 0 Å². The number of benzene rings is 1. The maximum atomic E-state index is 10.7. The van der Waals surface area contributed by atoms with Gasteiger partial charge in [-0.2, -0.15) is 0 Å². The number of hydrogen-bond donors (Lipinski definition) is 2. The Morgan fingerprint density at radius 1 is 1.53 bits per heavy atom. The van der Waals surface area contributed by atoms with Crippen molar-refractivity contribution in [3.05, 3.63) is 33.9 Å². The van der Waals surface area contributed by atoms with Gasteiger partial charge in [-0.05, 0) is 25.8 Å². The van der Waals surface area contributed by atoms with E-state index in [4.69, 9.17) is 0 Å². The lowest BCUT2D eigenvalue weighted by Gasteiger charge is -2.11. The fraction of sp³-hybridized carbons (Fsp3) is 0.500. The molecule has 1 atom stereocenters. The van der Waals surface area contributed by atoms with Crippen LogP contribution in [0.2, 0.25) is 0 Å². The van der Waals surface area contributed by atoms with Gasteiger partial charge in [0.15, 0.2) is 0 Å². The van der Waals surface area contributed by atoms with Crippen molar-refractivity contribution in [2.45, 2.75) is 32.8 Å². The lowest BCUT2D eigenvalue weighted by molar-refractivity contribution is -0.385. The molecular weight excluding hydrogens is 220 g/mol. The van der Waals surface area contributed by atoms with Crippen LogP contribution in [0.15, 0.2) is 18.2 Å². The molecule has 0 aliphatic carbocycles. The van der Waals surface area contributed by atoms with Crippen LogP contribution in [-0.2, 0) is 0 Å². The Labute approximate surface area is 101 Å². The molecule has 0 saturated carbocycles. The number of anilines is 1. The first-order valence-electron chi connectivity index (χ1n) is 5.72. The van der Waals surface area contributed by atoms with E-state index in [1.165, 1.54) is 6.07 Å². The molecule has 0 radical (unpaired) electrons. The van der Waals surface area contributed by atoms with Gasteiger partial charge in [0.25, 0.3) is 5.69 Å². The molecule has 5 nitrogen and oxygen atoms in total. The number of nitrogens with zero attached hydrogens (tertiary/aromatic N) is 1. The Hall–Kier alpha value is -1.62. The Morgan fingerprint density at radius 3 is 2.82 bits per heavy atom. The first-order chi connectivity index (χ1) is 8.06. The maximum absolute atomic E-state index is 10.7. The van der Waals surface area contributed by atoms with Crippen molar-refractivity contribution in [1.29, 1.82) is 0 Å². The predicted octanol–water partition coefficient (Wildman–Crippen LogP) is 2.48. The summed E-state index contributed by atoms with van der Waals surface area (Å²) < 4.78 is 0. The molecule has 0 spiro atoms. The van der Waals surface area contributed by atoms with E-state index < -0.39 is 0 Å². The van der Waals surface area contributed by atoms with Crippen molar-refractivity contribution in [3.8, 4) is 0 Å². The highest BCUT2D eigenvalue weighted by molar-refractivity contribution is 5.59. The Kier molecular flexibility index (Phi) is 4.90. The molecule has 5 heteroatoms. The second kappa shape index (κ2) is 6.20. The van der Waals surface area contributed by atoms with Gasteiger partial charge in [-0.25, -0.2) is 0 Å². The number of nitro groups is 1. The molecule has 17 heavy (non-hydrogen) atoms. The molecule has 1 unspecified atom stereocenters. The van der Waals surface area contributed by atoms with Crippen molar-refractivity contribution in [2.24, 2.45) is 0 Å². The predicted molar refractivity (Wildman–Crippen MR) is 67.2 cm³/mol. The molecule has 94 valence electrons. The maximum Gasteiger partial charge on any atom is 0.274 e. The second-order valence-corrected chi connectivity index (χ2v) is 3.98. The largest absolute Gasteiger partial charge is 0.393 e. The Bertz CT molecular complexity index is 393. The summed E-state index contributed by atoms with van der Waals surface area (Å²) in [5.74, 6) is 0. The van der Waals surface area contributed by atoms with Gasteiger partial charge in [-0.1, -0.05) is 13.0 Å². The van der Waals surface area contributed by atoms with Crippen molar-refractivity contribution in [3.63, 3.8) is 0 Å². The number of nitro benzene ring substituents is 1. The van der Waals surface area contributed by atoms with E-state index in [9.17, 15) is 15.2 Å². The molecule has 0 fully saturated rings. The number of rotatable bonds is 6. The summed E-state index contributed by atoms with van der Waals surface area (Å²) in [7, 11) is 0. The minimum atomic E-state index is -0.387. The van der Waals surface area contributed by atoms with Crippen molar-refractivity contribution in [1.82, 2.24) is 0 Å². The second-order valence-electron chi connectivity index (χ2n) is 3.98. The molecule has 0 aliphatic heterocycles. The fourth-order valence-corrected chi connectivity index (χ4v) is 1.59. The molecular formula is C12H18N2O3. The third-order valence-corrected chi connectivity index (χ3v) is 2.77. The van der Waals surface area contributed by atoms with Crippen molar-refractivity contribution < 1.29 is 10.0 Å². The lowest BCUT2D eigenvalue weighted by atomic mass is 10.1. The first kappa shape index (κ1) is 13.4. The van der Waals surface area contributed by atoms with Crippen molar-refractivity contribution >= 4 is 11.4 Å². The highest BCUT2D eigenvalue weighted by atomic mass is 16.6. The third-order valence-electron chi connectivity index (χ3n) is 2.77. The van der Waals surface area contributed by atoms with E-state index >= 15 is 0 Å². The molecule has 0 aliphatic rings. The summed E-state index contributed by atoms with van der Waals surface area (Å²) in [6.45, 7) is 4.25. The molecule has 1 rings (SSSR count). The standard InChI is InChI=1S/C12H18N2O3/c1-3-10(15)7-8-13-11-5-4-6-12(9(11)2)14(16)17/h4-6,10,13,15H,3,7-8H2,1-2H3. The molecule has 0 heterocycles. The van der Waals surface area contributed by atoms with Gasteiger partial charge >= 0.3 is 0 Å². The van der Waals surface area contributed by atoms with Crippen molar-refractivity contribution in [2.75, 3.05) is 11.9 Å². The summed E-state index contributed by atoms with van der Waals surface area (Å²) >= 11 is 0. The van der Waals surface area contributed by atoms with E-state index in [2.05, 4.69) is 5.32 Å². The summed E-state index contributed by atoms with van der Waals surface area (Å²) in [6.07, 6.45) is 1.04. The Morgan fingerprint density at radius 2 is 2.24 bits per heavy atom. The molecule has 0 amide bonds. The highest BCUT2D eigenvalue weighted by Crippen LogP contribution is 2.24. The van der Waals surface area contributed by atoms with E-state index in [0.29, 0.717) is 18.5 Å². The van der Waals surface area contributed by atoms with Crippen LogP contribution in [0.1, 0.15) is 25.3 Å². The SMILES string of the molecule is CCC(O)CCNc1cccc([N+](=O)[O-])c1C. The van der Waals surface area contributed by atoms with Crippen LogP contribution in [0.5, 0.6) is 0 Å². The van der Waals surface area contributed by atoms with Gasteiger partial charge in [-0.15, -0.1) is 0 Å². The third kappa shape index (κ3) is 3.71. The monoisotopic (exact) mass is 238 g/mol. The number of nitrogens with one attached hydrogen (secondary N) is 1. The summed E-state index contributed by atoms with van der Waals surface area (Å²) in [4.78, 5) is 10.4. The molecule has 1 aromatic carbocycles. The quantitative estimate of drug-likeness (QED) is 0.589. The topological polar surface area (TPSA) is 75.4 Å². The first-order valence-corrected chi connectivity index (χ1v) is 5.72. The molecule has 0 bridgehead atoms. The van der Waals surface area contributed by atoms with E-state index in [1.54, 1.807) is 19.1 Å². The van der Waals surface area contributed by atoms with Gasteiger partial charge in [0.1, 0.15) is 0 Å². The highest BCUT2D eigenvalue weighted by Gasteiger charge is 2.12. The van der Waals surface area contributed by atoms with Crippen LogP contribution in [0.4, 0.5) is 11.4 Å². The molecule has 0 saturated heterocycles. The fourth-order valence-electron chi connectivity index (χ4n) is 1.59. The minimum Gasteiger partial charge on any atom is -0.393 e. The van der Waals surface area contributed by atoms with Crippen LogP contribution >= 0.6 is 0 Å². The molecule has 2 N–H and O–H groups in total. The van der Waals surface area contributed by atoms with Crippen LogP contribution in [0.3, 0.4) is 0 Å². The van der Waals surface area contributed by atoms with E-state index in [1.807, 2.05) is 6.92 Å². The minimum absolute atomic E-state index is 0.117. The van der Waals surface area contributed by atoms with Gasteiger partial charge < -0.3 is 10.4 Å². The average molecular weight is 238 g/mol. The zero-order valence-corrected chi connectivity index (χ0v) is 10.1. The normalized spacial score (nSPS) is 12.2. The smallest absolute Gasteiger partial charge is 0.274 e. The number of aliphatic hydroxyl groups excluding tert-OH is 1. The van der Waals surface area contributed by atoms with Crippen LogP contribution < -0.4 is 5.32 Å². The zero-order valence-electron chi connectivity index (χ0n) is 10.1. The Balaban J connectivity index is 2.66. The van der Waals surface area contributed by atoms with Crippen LogP contribution in [0, 0.1) is 17.0 Å². The van der Waals surface area contributed by atoms with Gasteiger partial charge in [0, 0.05) is 23.9 Å². The average Bonchev–Trinajstić information content (AvgIpc) is 2.30. The lowest BCUT2D eigenvalue weighted by Crippen LogP contribution is -2.12. The summed E-state index contributed by atoms with van der Waals surface area (Å²) in [6, 6.07) is 4.95. The van der Waals surface area contributed by atoms with E-state index in [-0.39, 0.29) is 16.7 Å².